The first-order valence-corrected chi connectivity index (χ1v) is 15.1. The standard InChI is InChI=1S/C35H30N8O4/c1-22(38-34(46)31-23(2)39-41-15-7-14-36-33(31)41)29-16-26-9-6-8-25(32(26)35(47)43(29)27-10-4-3-5-11-27)13-12-24-17-37-42(18-24)28-19-40(20-28)30(45)21-44/h3-11,14-18,22,28,44H,19-21H2,1-2H3,(H,38,46). The van der Waals surface area contributed by atoms with E-state index in [1.54, 1.807) is 50.2 Å². The maximum absolute atomic E-state index is 14.4. The third-order valence-electron chi connectivity index (χ3n) is 8.35. The second kappa shape index (κ2) is 12.0. The summed E-state index contributed by atoms with van der Waals surface area (Å²) in [5, 5.41) is 22.1. The fourth-order valence-corrected chi connectivity index (χ4v) is 5.92. The predicted molar refractivity (Wildman–Crippen MR) is 174 cm³/mol. The number of aliphatic hydroxyl groups is 1. The van der Waals surface area contributed by atoms with E-state index in [2.05, 4.69) is 32.3 Å². The number of nitrogens with one attached hydrogen (secondary N) is 1. The minimum atomic E-state index is -0.562. The third kappa shape index (κ3) is 5.43. The molecule has 0 bridgehead atoms. The second-order valence-corrected chi connectivity index (χ2v) is 11.4. The molecule has 1 saturated heterocycles. The van der Waals surface area contributed by atoms with E-state index >= 15 is 0 Å². The summed E-state index contributed by atoms with van der Waals surface area (Å²) in [4.78, 5) is 45.5. The number of aromatic nitrogens is 6. The highest BCUT2D eigenvalue weighted by Gasteiger charge is 2.32. The molecule has 5 heterocycles. The van der Waals surface area contributed by atoms with Gasteiger partial charge < -0.3 is 15.3 Å². The van der Waals surface area contributed by atoms with Gasteiger partial charge in [0.05, 0.1) is 34.9 Å². The lowest BCUT2D eigenvalue weighted by molar-refractivity contribution is -0.140. The molecule has 1 aliphatic rings. The quantitative estimate of drug-likeness (QED) is 0.271. The van der Waals surface area contributed by atoms with Crippen LogP contribution in [0.1, 0.15) is 51.9 Å². The molecule has 234 valence electrons. The molecule has 12 heteroatoms. The van der Waals surface area contributed by atoms with Gasteiger partial charge in [-0.2, -0.15) is 10.2 Å². The number of carbonyl (C=O) groups is 2. The van der Waals surface area contributed by atoms with E-state index in [0.717, 1.165) is 0 Å². The van der Waals surface area contributed by atoms with Crippen LogP contribution in [0, 0.1) is 18.8 Å². The Morgan fingerprint density at radius 1 is 1.09 bits per heavy atom. The Morgan fingerprint density at radius 3 is 2.68 bits per heavy atom. The van der Waals surface area contributed by atoms with Crippen LogP contribution in [-0.4, -0.2) is 70.5 Å². The number of benzene rings is 2. The van der Waals surface area contributed by atoms with Crippen molar-refractivity contribution >= 4 is 28.2 Å². The summed E-state index contributed by atoms with van der Waals surface area (Å²) >= 11 is 0. The molecular formula is C35H30N8O4. The maximum Gasteiger partial charge on any atom is 0.264 e. The topological polar surface area (TPSA) is 140 Å². The molecule has 1 aliphatic heterocycles. The predicted octanol–water partition coefficient (Wildman–Crippen LogP) is 2.80. The summed E-state index contributed by atoms with van der Waals surface area (Å²) in [5.74, 6) is 5.66. The largest absolute Gasteiger partial charge is 0.387 e. The van der Waals surface area contributed by atoms with E-state index < -0.39 is 12.6 Å². The van der Waals surface area contributed by atoms with Gasteiger partial charge in [-0.15, -0.1) is 0 Å². The average molecular weight is 627 g/mol. The van der Waals surface area contributed by atoms with Crippen molar-refractivity contribution in [3.05, 3.63) is 124 Å². The number of nitrogens with zero attached hydrogens (tertiary/aromatic N) is 7. The lowest BCUT2D eigenvalue weighted by Crippen LogP contribution is -2.51. The summed E-state index contributed by atoms with van der Waals surface area (Å²) in [6.07, 6.45) is 6.82. The number of pyridine rings is 1. The summed E-state index contributed by atoms with van der Waals surface area (Å²) in [6, 6.07) is 17.9. The molecular weight excluding hydrogens is 596 g/mol. The zero-order chi connectivity index (χ0) is 32.7. The zero-order valence-corrected chi connectivity index (χ0v) is 25.7. The first-order valence-electron chi connectivity index (χ1n) is 15.1. The van der Waals surface area contributed by atoms with Gasteiger partial charge in [-0.1, -0.05) is 42.2 Å². The van der Waals surface area contributed by atoms with Gasteiger partial charge in [-0.05, 0) is 49.6 Å². The summed E-state index contributed by atoms with van der Waals surface area (Å²) in [6.45, 7) is 4.06. The normalized spacial score (nSPS) is 13.6. The van der Waals surface area contributed by atoms with Gasteiger partial charge in [-0.25, -0.2) is 9.50 Å². The van der Waals surface area contributed by atoms with Crippen molar-refractivity contribution in [2.75, 3.05) is 19.7 Å². The van der Waals surface area contributed by atoms with Crippen molar-refractivity contribution in [2.45, 2.75) is 25.9 Å². The molecule has 1 unspecified atom stereocenters. The minimum Gasteiger partial charge on any atom is -0.387 e. The van der Waals surface area contributed by atoms with Crippen LogP contribution in [0.15, 0.2) is 90.2 Å². The molecule has 6 aromatic rings. The lowest BCUT2D eigenvalue weighted by Gasteiger charge is -2.38. The molecule has 0 radical (unpaired) electrons. The van der Waals surface area contributed by atoms with Gasteiger partial charge >= 0.3 is 0 Å². The summed E-state index contributed by atoms with van der Waals surface area (Å²) < 4.78 is 4.96. The number of aliphatic hydroxyl groups excluding tert-OH is 1. The minimum absolute atomic E-state index is 0.0191. The second-order valence-electron chi connectivity index (χ2n) is 11.4. The zero-order valence-electron chi connectivity index (χ0n) is 25.7. The third-order valence-corrected chi connectivity index (χ3v) is 8.35. The highest BCUT2D eigenvalue weighted by molar-refractivity contribution is 6.01. The fraction of sp³-hybridized carbons (Fsp3) is 0.200. The molecule has 47 heavy (non-hydrogen) atoms. The van der Waals surface area contributed by atoms with Crippen LogP contribution < -0.4 is 10.9 Å². The van der Waals surface area contributed by atoms with Gasteiger partial charge in [-0.3, -0.25) is 23.6 Å². The molecule has 2 aromatic carbocycles. The monoisotopic (exact) mass is 626 g/mol. The number of hydrogen-bond donors (Lipinski definition) is 2. The molecule has 0 spiro atoms. The van der Waals surface area contributed by atoms with Gasteiger partial charge in [0.25, 0.3) is 11.5 Å². The van der Waals surface area contributed by atoms with Gasteiger partial charge in [0.1, 0.15) is 12.2 Å². The van der Waals surface area contributed by atoms with Crippen molar-refractivity contribution in [1.82, 2.24) is 39.2 Å². The lowest BCUT2D eigenvalue weighted by atomic mass is 10.0. The van der Waals surface area contributed by atoms with Crippen LogP contribution in [0.4, 0.5) is 0 Å². The first kappa shape index (κ1) is 29.6. The van der Waals surface area contributed by atoms with Crippen molar-refractivity contribution < 1.29 is 14.7 Å². The summed E-state index contributed by atoms with van der Waals surface area (Å²) in [5.41, 5.74) is 3.60. The number of amides is 2. The van der Waals surface area contributed by atoms with Gasteiger partial charge in [0.15, 0.2) is 5.65 Å². The fourth-order valence-electron chi connectivity index (χ4n) is 5.92. The molecule has 2 N–H and O–H groups in total. The molecule has 0 saturated carbocycles. The number of para-hydroxylation sites is 1. The van der Waals surface area contributed by atoms with E-state index in [0.29, 0.717) is 63.3 Å². The average Bonchev–Trinajstić information content (AvgIpc) is 3.66. The van der Waals surface area contributed by atoms with E-state index in [1.807, 2.05) is 67.7 Å². The number of aryl methyl sites for hydroxylation is 1. The van der Waals surface area contributed by atoms with E-state index in [9.17, 15) is 14.4 Å². The highest BCUT2D eigenvalue weighted by atomic mass is 16.3. The van der Waals surface area contributed by atoms with Crippen molar-refractivity contribution in [1.29, 1.82) is 0 Å². The Bertz CT molecular complexity index is 2290. The molecule has 1 fully saturated rings. The number of fused-ring (bicyclic) bond motifs is 2. The smallest absolute Gasteiger partial charge is 0.264 e. The Labute approximate surface area is 268 Å². The molecule has 4 aromatic heterocycles. The van der Waals surface area contributed by atoms with Crippen LogP contribution in [0.3, 0.4) is 0 Å². The van der Waals surface area contributed by atoms with Crippen LogP contribution >= 0.6 is 0 Å². The van der Waals surface area contributed by atoms with Gasteiger partial charge in [0.2, 0.25) is 5.91 Å². The van der Waals surface area contributed by atoms with Crippen molar-refractivity contribution in [3.8, 4) is 17.5 Å². The maximum atomic E-state index is 14.4. The molecule has 7 rings (SSSR count). The number of hydrogen-bond acceptors (Lipinski definition) is 7. The molecule has 1 atom stereocenters. The van der Waals surface area contributed by atoms with Crippen LogP contribution in [0.5, 0.6) is 0 Å². The van der Waals surface area contributed by atoms with E-state index in [-0.39, 0.29) is 23.4 Å². The van der Waals surface area contributed by atoms with Crippen LogP contribution in [0.2, 0.25) is 0 Å². The summed E-state index contributed by atoms with van der Waals surface area (Å²) in [7, 11) is 0. The van der Waals surface area contributed by atoms with Crippen LogP contribution in [-0.2, 0) is 4.79 Å². The Morgan fingerprint density at radius 2 is 1.89 bits per heavy atom. The number of carbonyl (C=O) groups excluding carboxylic acids is 2. The van der Waals surface area contributed by atoms with Crippen molar-refractivity contribution in [3.63, 3.8) is 0 Å². The molecule has 2 amide bonds. The number of rotatable bonds is 6. The van der Waals surface area contributed by atoms with E-state index in [1.165, 1.54) is 0 Å². The Kier molecular flexibility index (Phi) is 7.59. The van der Waals surface area contributed by atoms with Gasteiger partial charge in [0, 0.05) is 48.6 Å². The molecule has 12 nitrogen and oxygen atoms in total. The number of likely N-dealkylation sites (tertiary alicyclic amines) is 1. The van der Waals surface area contributed by atoms with Crippen molar-refractivity contribution in [2.24, 2.45) is 0 Å². The van der Waals surface area contributed by atoms with E-state index in [4.69, 9.17) is 5.11 Å². The SMILES string of the molecule is Cc1nn2cccnc2c1C(=O)NC(C)c1cc2cccc(C#Cc3cnn(C4CN(C(=O)CO)C4)c3)c2c(=O)n1-c1ccccc1. The van der Waals surface area contributed by atoms with Crippen LogP contribution in [0.25, 0.3) is 22.1 Å². The highest BCUT2D eigenvalue weighted by Crippen LogP contribution is 2.25. The Balaban J connectivity index is 1.24. The first-order chi connectivity index (χ1) is 22.8. The molecule has 0 aliphatic carbocycles. The Hall–Kier alpha value is -6.06.